The maximum absolute atomic E-state index is 12.2. The average Bonchev–Trinajstić information content (AvgIpc) is 2.83. The molecule has 0 radical (unpaired) electrons. The Bertz CT molecular complexity index is 590. The van der Waals surface area contributed by atoms with Crippen LogP contribution in [0.5, 0.6) is 0 Å². The summed E-state index contributed by atoms with van der Waals surface area (Å²) in [5, 5.41) is 17.1. The fourth-order valence-corrected chi connectivity index (χ4v) is 2.45. The third-order valence-corrected chi connectivity index (χ3v) is 3.61. The van der Waals surface area contributed by atoms with Gasteiger partial charge in [-0.2, -0.15) is 13.2 Å². The lowest BCUT2D eigenvalue weighted by molar-refractivity contribution is -0.195. The van der Waals surface area contributed by atoms with Crippen LogP contribution in [-0.2, 0) is 0 Å². The number of rotatable bonds is 4. The summed E-state index contributed by atoms with van der Waals surface area (Å²) in [5.74, 6) is -0.553. The first-order valence-corrected chi connectivity index (χ1v) is 6.78. The highest BCUT2D eigenvalue weighted by Gasteiger charge is 2.38. The number of alkyl halides is 3. The van der Waals surface area contributed by atoms with Crippen molar-refractivity contribution in [3.63, 3.8) is 0 Å². The van der Waals surface area contributed by atoms with E-state index in [0.29, 0.717) is 10.7 Å². The Morgan fingerprint density at radius 3 is 2.80 bits per heavy atom. The van der Waals surface area contributed by atoms with Crippen LogP contribution >= 0.6 is 23.4 Å². The van der Waals surface area contributed by atoms with Crippen molar-refractivity contribution in [2.45, 2.75) is 17.4 Å². The van der Waals surface area contributed by atoms with E-state index in [9.17, 15) is 13.2 Å². The van der Waals surface area contributed by atoms with E-state index in [1.807, 2.05) is 0 Å². The first-order chi connectivity index (χ1) is 9.38. The van der Waals surface area contributed by atoms with Crippen molar-refractivity contribution in [1.82, 2.24) is 14.8 Å². The Balaban J connectivity index is 2.14. The third kappa shape index (κ3) is 3.65. The minimum Gasteiger partial charge on any atom is -0.383 e. The zero-order valence-corrected chi connectivity index (χ0v) is 11.5. The number of hydrogen-bond donors (Lipinski definition) is 1. The van der Waals surface area contributed by atoms with E-state index in [4.69, 9.17) is 16.7 Å². The molecule has 1 atom stereocenters. The summed E-state index contributed by atoms with van der Waals surface area (Å²) in [6.07, 6.45) is -5.68. The van der Waals surface area contributed by atoms with Gasteiger partial charge in [0.25, 0.3) is 0 Å². The number of aliphatic hydroxyl groups excluding tert-OH is 1. The number of benzene rings is 1. The second-order valence-corrected chi connectivity index (χ2v) is 5.26. The van der Waals surface area contributed by atoms with Gasteiger partial charge in [0.2, 0.25) is 0 Å². The lowest BCUT2D eigenvalue weighted by atomic mass is 10.3. The molecule has 0 spiro atoms. The molecule has 108 valence electrons. The summed E-state index contributed by atoms with van der Waals surface area (Å²) in [7, 11) is 0. The van der Waals surface area contributed by atoms with Gasteiger partial charge >= 0.3 is 6.18 Å². The van der Waals surface area contributed by atoms with Crippen molar-refractivity contribution in [3.8, 4) is 5.69 Å². The van der Waals surface area contributed by atoms with Crippen molar-refractivity contribution in [2.75, 3.05) is 5.75 Å². The second kappa shape index (κ2) is 6.02. The van der Waals surface area contributed by atoms with Crippen LogP contribution in [-0.4, -0.2) is 37.9 Å². The van der Waals surface area contributed by atoms with E-state index >= 15 is 0 Å². The summed E-state index contributed by atoms with van der Waals surface area (Å²) in [6.45, 7) is 0. The number of aromatic nitrogens is 3. The molecule has 0 fully saturated rings. The lowest BCUT2D eigenvalue weighted by Crippen LogP contribution is -2.30. The van der Waals surface area contributed by atoms with E-state index in [0.717, 1.165) is 11.8 Å². The highest BCUT2D eigenvalue weighted by Crippen LogP contribution is 2.27. The number of halogens is 4. The molecule has 2 aromatic rings. The normalized spacial score (nSPS) is 13.4. The van der Waals surface area contributed by atoms with E-state index in [-0.39, 0.29) is 5.16 Å². The molecular formula is C11H9ClF3N3OS. The van der Waals surface area contributed by atoms with Crippen molar-refractivity contribution >= 4 is 23.4 Å². The fourth-order valence-electron chi connectivity index (χ4n) is 1.37. The largest absolute Gasteiger partial charge is 0.415 e. The number of nitrogens with zero attached hydrogens (tertiary/aromatic N) is 3. The maximum atomic E-state index is 12.2. The molecule has 9 heteroatoms. The number of aliphatic hydroxyl groups is 1. The van der Waals surface area contributed by atoms with Crippen LogP contribution in [0.15, 0.2) is 35.7 Å². The lowest BCUT2D eigenvalue weighted by Gasteiger charge is -2.13. The molecule has 0 unspecified atom stereocenters. The zero-order chi connectivity index (χ0) is 14.8. The van der Waals surface area contributed by atoms with Crippen LogP contribution < -0.4 is 0 Å². The maximum Gasteiger partial charge on any atom is 0.415 e. The molecule has 0 aliphatic carbocycles. The van der Waals surface area contributed by atoms with Crippen molar-refractivity contribution < 1.29 is 18.3 Å². The second-order valence-electron chi connectivity index (χ2n) is 3.83. The summed E-state index contributed by atoms with van der Waals surface area (Å²) < 4.78 is 38.2. The average molecular weight is 324 g/mol. The van der Waals surface area contributed by atoms with Gasteiger partial charge in [0, 0.05) is 10.8 Å². The standard InChI is InChI=1S/C11H9ClF3N3OS/c12-7-2-1-3-8(4-7)18-6-16-17-10(18)20-5-9(19)11(13,14)15/h1-4,6,9,19H,5H2/t9-/m0/s1. The summed E-state index contributed by atoms with van der Waals surface area (Å²) >= 11 is 6.62. The van der Waals surface area contributed by atoms with Gasteiger partial charge in [-0.1, -0.05) is 29.4 Å². The Morgan fingerprint density at radius 2 is 2.15 bits per heavy atom. The summed E-state index contributed by atoms with van der Waals surface area (Å²) in [4.78, 5) is 0. The van der Waals surface area contributed by atoms with Gasteiger partial charge in [0.1, 0.15) is 6.33 Å². The van der Waals surface area contributed by atoms with Crippen molar-refractivity contribution in [1.29, 1.82) is 0 Å². The molecule has 0 aliphatic heterocycles. The van der Waals surface area contributed by atoms with Crippen LogP contribution in [0.3, 0.4) is 0 Å². The van der Waals surface area contributed by atoms with E-state index in [1.54, 1.807) is 24.3 Å². The highest BCUT2D eigenvalue weighted by molar-refractivity contribution is 7.99. The molecular weight excluding hydrogens is 315 g/mol. The Labute approximate surface area is 121 Å². The molecule has 1 aromatic carbocycles. The Hall–Kier alpha value is -1.25. The van der Waals surface area contributed by atoms with Gasteiger partial charge in [-0.3, -0.25) is 4.57 Å². The monoisotopic (exact) mass is 323 g/mol. The molecule has 4 nitrogen and oxygen atoms in total. The molecule has 1 heterocycles. The molecule has 1 N–H and O–H groups in total. The highest BCUT2D eigenvalue weighted by atomic mass is 35.5. The zero-order valence-electron chi connectivity index (χ0n) is 9.88. The van der Waals surface area contributed by atoms with Gasteiger partial charge in [-0.15, -0.1) is 10.2 Å². The van der Waals surface area contributed by atoms with Gasteiger partial charge in [0.15, 0.2) is 11.3 Å². The third-order valence-electron chi connectivity index (χ3n) is 2.35. The summed E-state index contributed by atoms with van der Waals surface area (Å²) in [6, 6.07) is 6.74. The molecule has 1 aromatic heterocycles. The van der Waals surface area contributed by atoms with Crippen molar-refractivity contribution in [2.24, 2.45) is 0 Å². The first kappa shape index (κ1) is 15.1. The summed E-state index contributed by atoms with van der Waals surface area (Å²) in [5.41, 5.74) is 0.631. The van der Waals surface area contributed by atoms with Gasteiger partial charge in [-0.25, -0.2) is 0 Å². The van der Waals surface area contributed by atoms with Gasteiger partial charge in [0.05, 0.1) is 5.69 Å². The Kier molecular flexibility index (Phi) is 4.56. The Morgan fingerprint density at radius 1 is 1.40 bits per heavy atom. The topological polar surface area (TPSA) is 50.9 Å². The number of thioether (sulfide) groups is 1. The predicted octanol–water partition coefficient (Wildman–Crippen LogP) is 2.94. The van der Waals surface area contributed by atoms with Crippen LogP contribution in [0.1, 0.15) is 0 Å². The molecule has 0 saturated carbocycles. The van der Waals surface area contributed by atoms with E-state index in [1.165, 1.54) is 10.9 Å². The quantitative estimate of drug-likeness (QED) is 0.879. The van der Waals surface area contributed by atoms with Gasteiger partial charge < -0.3 is 5.11 Å². The van der Waals surface area contributed by atoms with Crippen LogP contribution in [0.2, 0.25) is 5.02 Å². The SMILES string of the molecule is O[C@@H](CSc1nncn1-c1cccc(Cl)c1)C(F)(F)F. The van der Waals surface area contributed by atoms with Gasteiger partial charge in [-0.05, 0) is 18.2 Å². The smallest absolute Gasteiger partial charge is 0.383 e. The molecule has 0 amide bonds. The van der Waals surface area contributed by atoms with Crippen molar-refractivity contribution in [3.05, 3.63) is 35.6 Å². The van der Waals surface area contributed by atoms with Crippen LogP contribution in [0.25, 0.3) is 5.69 Å². The molecule has 0 bridgehead atoms. The molecule has 2 rings (SSSR count). The molecule has 0 aliphatic rings. The van der Waals surface area contributed by atoms with Crippen LogP contribution in [0.4, 0.5) is 13.2 Å². The van der Waals surface area contributed by atoms with Crippen LogP contribution in [0, 0.1) is 0 Å². The minimum absolute atomic E-state index is 0.246. The minimum atomic E-state index is -4.64. The predicted molar refractivity (Wildman–Crippen MR) is 69.2 cm³/mol. The van der Waals surface area contributed by atoms with E-state index in [2.05, 4.69) is 10.2 Å². The first-order valence-electron chi connectivity index (χ1n) is 5.41. The number of hydrogen-bond acceptors (Lipinski definition) is 4. The molecule has 0 saturated heterocycles. The van der Waals surface area contributed by atoms with E-state index < -0.39 is 18.0 Å². The fraction of sp³-hybridized carbons (Fsp3) is 0.273. The molecule has 20 heavy (non-hydrogen) atoms.